The summed E-state index contributed by atoms with van der Waals surface area (Å²) in [6.45, 7) is 1.92. The van der Waals surface area contributed by atoms with E-state index in [1.165, 1.54) is 25.7 Å². The quantitative estimate of drug-likeness (QED) is 0.688. The first-order valence-electron chi connectivity index (χ1n) is 5.05. The van der Waals surface area contributed by atoms with Gasteiger partial charge in [0.25, 0.3) is 0 Å². The van der Waals surface area contributed by atoms with Gasteiger partial charge in [-0.2, -0.15) is 0 Å². The van der Waals surface area contributed by atoms with Gasteiger partial charge in [0.1, 0.15) is 6.17 Å². The first kappa shape index (κ1) is 9.97. The maximum atomic E-state index is 13.4. The molecule has 0 bridgehead atoms. The number of halogens is 1. The summed E-state index contributed by atoms with van der Waals surface area (Å²) in [7, 11) is 1.83. The van der Waals surface area contributed by atoms with Crippen molar-refractivity contribution in [3.05, 3.63) is 0 Å². The maximum Gasteiger partial charge on any atom is 0.115 e. The van der Waals surface area contributed by atoms with Crippen LogP contribution in [-0.4, -0.2) is 19.3 Å². The molecule has 12 heavy (non-hydrogen) atoms. The summed E-state index contributed by atoms with van der Waals surface area (Å²) in [5.74, 6) is 0.663. The summed E-state index contributed by atoms with van der Waals surface area (Å²) in [5, 5.41) is 2.96. The van der Waals surface area contributed by atoms with Gasteiger partial charge in [0.2, 0.25) is 0 Å². The second-order valence-electron chi connectivity index (χ2n) is 3.98. The fraction of sp³-hybridized carbons (Fsp3) is 1.00. The summed E-state index contributed by atoms with van der Waals surface area (Å²) in [4.78, 5) is 0. The maximum absolute atomic E-state index is 13.4. The van der Waals surface area contributed by atoms with Crippen LogP contribution in [0, 0.1) is 5.92 Å². The third kappa shape index (κ3) is 2.74. The molecule has 0 aromatic carbocycles. The molecule has 2 heteroatoms. The molecule has 0 aromatic heterocycles. The molecule has 1 aliphatic rings. The van der Waals surface area contributed by atoms with E-state index in [0.717, 1.165) is 6.42 Å². The van der Waals surface area contributed by atoms with E-state index in [-0.39, 0.29) is 6.04 Å². The van der Waals surface area contributed by atoms with E-state index in [9.17, 15) is 4.39 Å². The van der Waals surface area contributed by atoms with E-state index in [4.69, 9.17) is 0 Å². The standard InChI is InChI=1S/C10H20FN/c1-8(12-2)10(11)7-9-5-3-4-6-9/h8-10,12H,3-7H2,1-2H3. The third-order valence-corrected chi connectivity index (χ3v) is 3.03. The Kier molecular flexibility index (Phi) is 3.99. The zero-order valence-electron chi connectivity index (χ0n) is 8.15. The molecule has 1 fully saturated rings. The van der Waals surface area contributed by atoms with Gasteiger partial charge in [-0.05, 0) is 26.3 Å². The molecule has 0 radical (unpaired) electrons. The molecule has 1 N–H and O–H groups in total. The smallest absolute Gasteiger partial charge is 0.115 e. The fourth-order valence-corrected chi connectivity index (χ4v) is 1.95. The molecule has 1 saturated carbocycles. The van der Waals surface area contributed by atoms with Crippen LogP contribution in [0.5, 0.6) is 0 Å². The topological polar surface area (TPSA) is 12.0 Å². The molecule has 1 nitrogen and oxygen atoms in total. The number of alkyl halides is 1. The van der Waals surface area contributed by atoms with Crippen molar-refractivity contribution in [1.29, 1.82) is 0 Å². The molecule has 72 valence electrons. The van der Waals surface area contributed by atoms with Gasteiger partial charge in [0, 0.05) is 6.04 Å². The predicted molar refractivity (Wildman–Crippen MR) is 50.0 cm³/mol. The highest BCUT2D eigenvalue weighted by Gasteiger charge is 2.22. The van der Waals surface area contributed by atoms with Crippen molar-refractivity contribution in [2.24, 2.45) is 5.92 Å². The molecule has 0 saturated heterocycles. The van der Waals surface area contributed by atoms with E-state index in [0.29, 0.717) is 5.92 Å². The normalized spacial score (nSPS) is 24.2. The van der Waals surface area contributed by atoms with Crippen LogP contribution in [0.2, 0.25) is 0 Å². The molecule has 2 unspecified atom stereocenters. The van der Waals surface area contributed by atoms with Crippen molar-refractivity contribution < 1.29 is 4.39 Å². The summed E-state index contributed by atoms with van der Waals surface area (Å²) < 4.78 is 13.4. The van der Waals surface area contributed by atoms with Crippen LogP contribution >= 0.6 is 0 Å². The number of nitrogens with one attached hydrogen (secondary N) is 1. The average Bonchev–Trinajstić information content (AvgIpc) is 2.55. The van der Waals surface area contributed by atoms with Crippen molar-refractivity contribution in [2.45, 2.75) is 51.2 Å². The van der Waals surface area contributed by atoms with E-state index in [2.05, 4.69) is 5.32 Å². The van der Waals surface area contributed by atoms with Crippen molar-refractivity contribution in [3.63, 3.8) is 0 Å². The second-order valence-corrected chi connectivity index (χ2v) is 3.98. The summed E-state index contributed by atoms with van der Waals surface area (Å²) in [6, 6.07) is 0.0191. The minimum Gasteiger partial charge on any atom is -0.314 e. The van der Waals surface area contributed by atoms with Crippen LogP contribution in [-0.2, 0) is 0 Å². The van der Waals surface area contributed by atoms with E-state index >= 15 is 0 Å². The Labute approximate surface area is 74.7 Å². The van der Waals surface area contributed by atoms with Crippen LogP contribution < -0.4 is 5.32 Å². The Balaban J connectivity index is 2.19. The van der Waals surface area contributed by atoms with Gasteiger partial charge in [-0.15, -0.1) is 0 Å². The van der Waals surface area contributed by atoms with Gasteiger partial charge in [0.15, 0.2) is 0 Å². The summed E-state index contributed by atoms with van der Waals surface area (Å²) >= 11 is 0. The van der Waals surface area contributed by atoms with Crippen LogP contribution in [0.4, 0.5) is 4.39 Å². The van der Waals surface area contributed by atoms with Gasteiger partial charge in [-0.3, -0.25) is 0 Å². The predicted octanol–water partition coefficient (Wildman–Crippen LogP) is 2.51. The average molecular weight is 173 g/mol. The lowest BCUT2D eigenvalue weighted by Gasteiger charge is -2.18. The zero-order chi connectivity index (χ0) is 8.97. The third-order valence-electron chi connectivity index (χ3n) is 3.03. The van der Waals surface area contributed by atoms with E-state index in [1.807, 2.05) is 14.0 Å². The highest BCUT2D eigenvalue weighted by Crippen LogP contribution is 2.29. The van der Waals surface area contributed by atoms with Gasteiger partial charge in [0.05, 0.1) is 0 Å². The van der Waals surface area contributed by atoms with Crippen LogP contribution in [0.1, 0.15) is 39.0 Å². The van der Waals surface area contributed by atoms with Crippen molar-refractivity contribution in [1.82, 2.24) is 5.32 Å². The Bertz CT molecular complexity index is 121. The Morgan fingerprint density at radius 2 is 2.00 bits per heavy atom. The highest BCUT2D eigenvalue weighted by molar-refractivity contribution is 4.76. The largest absolute Gasteiger partial charge is 0.314 e. The van der Waals surface area contributed by atoms with Crippen LogP contribution in [0.15, 0.2) is 0 Å². The van der Waals surface area contributed by atoms with Crippen molar-refractivity contribution in [2.75, 3.05) is 7.05 Å². The van der Waals surface area contributed by atoms with Crippen LogP contribution in [0.25, 0.3) is 0 Å². The monoisotopic (exact) mass is 173 g/mol. The molecule has 1 rings (SSSR count). The van der Waals surface area contributed by atoms with Crippen molar-refractivity contribution in [3.8, 4) is 0 Å². The van der Waals surface area contributed by atoms with Gasteiger partial charge in [-0.1, -0.05) is 25.7 Å². The molecule has 0 heterocycles. The molecule has 2 atom stereocenters. The molecule has 0 aromatic rings. The Morgan fingerprint density at radius 1 is 1.42 bits per heavy atom. The highest BCUT2D eigenvalue weighted by atomic mass is 19.1. The lowest BCUT2D eigenvalue weighted by molar-refractivity contribution is 0.220. The Hall–Kier alpha value is -0.110. The minimum atomic E-state index is -0.655. The number of hydrogen-bond donors (Lipinski definition) is 1. The fourth-order valence-electron chi connectivity index (χ4n) is 1.95. The molecular weight excluding hydrogens is 153 g/mol. The van der Waals surface area contributed by atoms with Crippen molar-refractivity contribution >= 4 is 0 Å². The van der Waals surface area contributed by atoms with E-state index in [1.54, 1.807) is 0 Å². The first-order chi connectivity index (χ1) is 5.74. The summed E-state index contributed by atoms with van der Waals surface area (Å²) in [6.07, 6.45) is 5.23. The molecule has 0 aliphatic heterocycles. The summed E-state index contributed by atoms with van der Waals surface area (Å²) in [5.41, 5.74) is 0. The lowest BCUT2D eigenvalue weighted by atomic mass is 9.98. The zero-order valence-corrected chi connectivity index (χ0v) is 8.15. The van der Waals surface area contributed by atoms with E-state index < -0.39 is 6.17 Å². The number of rotatable bonds is 4. The molecule has 0 spiro atoms. The minimum absolute atomic E-state index is 0.0191. The Morgan fingerprint density at radius 3 is 2.50 bits per heavy atom. The SMILES string of the molecule is CNC(C)C(F)CC1CCCC1. The van der Waals surface area contributed by atoms with Gasteiger partial charge < -0.3 is 5.32 Å². The second kappa shape index (κ2) is 4.80. The van der Waals surface area contributed by atoms with Crippen LogP contribution in [0.3, 0.4) is 0 Å². The molecule has 1 aliphatic carbocycles. The number of hydrogen-bond acceptors (Lipinski definition) is 1. The molecule has 0 amide bonds. The first-order valence-corrected chi connectivity index (χ1v) is 5.05. The molecular formula is C10H20FN. The van der Waals surface area contributed by atoms with Gasteiger partial charge in [-0.25, -0.2) is 4.39 Å². The van der Waals surface area contributed by atoms with Gasteiger partial charge >= 0.3 is 0 Å². The lowest BCUT2D eigenvalue weighted by Crippen LogP contribution is -2.32.